The molecule has 3 nitrogen and oxygen atoms in total. The molecule has 3 heterocycles. The number of rotatable bonds is 2. The summed E-state index contributed by atoms with van der Waals surface area (Å²) >= 11 is 4.27. The molecule has 100 valence electrons. The van der Waals surface area contributed by atoms with Gasteiger partial charge in [0.05, 0.1) is 0 Å². The highest BCUT2D eigenvalue weighted by Crippen LogP contribution is 2.29. The molecule has 3 rings (SSSR count). The first-order valence-corrected chi connectivity index (χ1v) is 9.13. The van der Waals surface area contributed by atoms with Crippen LogP contribution >= 0.6 is 23.5 Å². The molecule has 2 fully saturated rings. The number of nitrogens with one attached hydrogen (secondary N) is 1. The molecular formula is C13H21N3S2. The van der Waals surface area contributed by atoms with Crippen molar-refractivity contribution >= 4 is 23.5 Å². The summed E-state index contributed by atoms with van der Waals surface area (Å²) in [6, 6.07) is 2.93. The number of H-pyrrole nitrogens is 1. The van der Waals surface area contributed by atoms with E-state index >= 15 is 0 Å². The molecule has 0 aliphatic carbocycles. The van der Waals surface area contributed by atoms with Crippen LogP contribution in [0.1, 0.15) is 24.5 Å². The van der Waals surface area contributed by atoms with Gasteiger partial charge in [-0.05, 0) is 25.5 Å². The van der Waals surface area contributed by atoms with Crippen LogP contribution in [-0.4, -0.2) is 57.2 Å². The highest BCUT2D eigenvalue weighted by atomic mass is 32.2. The number of thioether (sulfide) groups is 2. The van der Waals surface area contributed by atoms with Crippen molar-refractivity contribution in [2.75, 3.05) is 36.1 Å². The Morgan fingerprint density at radius 2 is 2.11 bits per heavy atom. The number of piperidine rings is 1. The van der Waals surface area contributed by atoms with Crippen LogP contribution in [-0.2, 0) is 0 Å². The third-order valence-electron chi connectivity index (χ3n) is 3.92. The maximum absolute atomic E-state index is 4.10. The van der Waals surface area contributed by atoms with E-state index in [1.54, 1.807) is 0 Å². The Hall–Kier alpha value is -0.130. The molecule has 1 aromatic rings. The topological polar surface area (TPSA) is 31.9 Å². The second kappa shape index (κ2) is 6.35. The zero-order valence-corrected chi connectivity index (χ0v) is 12.3. The molecule has 0 radical (unpaired) electrons. The van der Waals surface area contributed by atoms with Crippen LogP contribution in [0.4, 0.5) is 0 Å². The summed E-state index contributed by atoms with van der Waals surface area (Å²) < 4.78 is 0. The van der Waals surface area contributed by atoms with Crippen LogP contribution in [0.5, 0.6) is 0 Å². The van der Waals surface area contributed by atoms with Gasteiger partial charge in [0.15, 0.2) is 0 Å². The van der Waals surface area contributed by atoms with Crippen molar-refractivity contribution in [3.63, 3.8) is 0 Å². The van der Waals surface area contributed by atoms with Crippen LogP contribution in [0.15, 0.2) is 12.3 Å². The van der Waals surface area contributed by atoms with Crippen molar-refractivity contribution in [3.8, 4) is 0 Å². The van der Waals surface area contributed by atoms with E-state index in [0.29, 0.717) is 5.92 Å². The largest absolute Gasteiger partial charge is 0.298 e. The number of aromatic amines is 1. The second-order valence-corrected chi connectivity index (χ2v) is 7.45. The molecule has 1 atom stereocenters. The van der Waals surface area contributed by atoms with Crippen molar-refractivity contribution in [2.45, 2.75) is 24.8 Å². The molecule has 1 N–H and O–H groups in total. The van der Waals surface area contributed by atoms with Crippen LogP contribution in [0.2, 0.25) is 0 Å². The van der Waals surface area contributed by atoms with E-state index in [1.807, 2.05) is 6.20 Å². The van der Waals surface area contributed by atoms with Gasteiger partial charge >= 0.3 is 0 Å². The minimum absolute atomic E-state index is 0.666. The van der Waals surface area contributed by atoms with E-state index in [4.69, 9.17) is 0 Å². The number of hydrogen-bond acceptors (Lipinski definition) is 4. The van der Waals surface area contributed by atoms with Gasteiger partial charge in [-0.2, -0.15) is 28.6 Å². The quantitative estimate of drug-likeness (QED) is 0.903. The van der Waals surface area contributed by atoms with Crippen molar-refractivity contribution in [1.82, 2.24) is 15.1 Å². The van der Waals surface area contributed by atoms with Crippen molar-refractivity contribution < 1.29 is 0 Å². The van der Waals surface area contributed by atoms with E-state index in [1.165, 1.54) is 54.6 Å². The average Bonchev–Trinajstić information content (AvgIpc) is 2.82. The summed E-state index contributed by atoms with van der Waals surface area (Å²) in [6.07, 6.45) is 4.52. The summed E-state index contributed by atoms with van der Waals surface area (Å²) in [5.74, 6) is 5.98. The van der Waals surface area contributed by atoms with Crippen molar-refractivity contribution in [3.05, 3.63) is 18.0 Å². The lowest BCUT2D eigenvalue weighted by Crippen LogP contribution is -2.44. The first-order valence-electron chi connectivity index (χ1n) is 6.82. The number of hydrogen-bond donors (Lipinski definition) is 1. The highest BCUT2D eigenvalue weighted by Gasteiger charge is 2.27. The van der Waals surface area contributed by atoms with Crippen LogP contribution in [0.25, 0.3) is 0 Å². The smallest absolute Gasteiger partial charge is 0.0490 e. The van der Waals surface area contributed by atoms with Crippen molar-refractivity contribution in [2.24, 2.45) is 0 Å². The lowest BCUT2D eigenvalue weighted by Gasteiger charge is -2.37. The minimum atomic E-state index is 0.666. The van der Waals surface area contributed by atoms with Gasteiger partial charge in [0.1, 0.15) is 0 Å². The van der Waals surface area contributed by atoms with Crippen LogP contribution in [0.3, 0.4) is 0 Å². The summed E-state index contributed by atoms with van der Waals surface area (Å²) in [7, 11) is 0. The molecule has 5 heteroatoms. The minimum Gasteiger partial charge on any atom is -0.298 e. The van der Waals surface area contributed by atoms with Gasteiger partial charge in [-0.15, -0.1) is 0 Å². The summed E-state index contributed by atoms with van der Waals surface area (Å²) in [4.78, 5) is 2.72. The van der Waals surface area contributed by atoms with Gasteiger partial charge in [-0.1, -0.05) is 0 Å². The third-order valence-corrected chi connectivity index (χ3v) is 6.41. The fraction of sp³-hybridized carbons (Fsp3) is 0.769. The Morgan fingerprint density at radius 1 is 1.28 bits per heavy atom. The average molecular weight is 283 g/mol. The maximum Gasteiger partial charge on any atom is 0.0490 e. The maximum atomic E-state index is 4.10. The van der Waals surface area contributed by atoms with Crippen LogP contribution < -0.4 is 0 Å². The zero-order chi connectivity index (χ0) is 12.2. The van der Waals surface area contributed by atoms with E-state index < -0.39 is 0 Å². The normalized spacial score (nSPS) is 28.1. The van der Waals surface area contributed by atoms with Gasteiger partial charge < -0.3 is 0 Å². The van der Waals surface area contributed by atoms with Gasteiger partial charge in [-0.25, -0.2) is 0 Å². The van der Waals surface area contributed by atoms with Crippen molar-refractivity contribution in [1.29, 1.82) is 0 Å². The molecule has 0 aromatic carbocycles. The van der Waals surface area contributed by atoms with E-state index in [0.717, 1.165) is 6.04 Å². The van der Waals surface area contributed by atoms with Crippen LogP contribution in [0, 0.1) is 0 Å². The molecule has 2 aliphatic rings. The lowest BCUT2D eigenvalue weighted by molar-refractivity contribution is 0.171. The molecule has 0 amide bonds. The monoisotopic (exact) mass is 283 g/mol. The molecule has 18 heavy (non-hydrogen) atoms. The van der Waals surface area contributed by atoms with E-state index in [9.17, 15) is 0 Å². The number of nitrogens with zero attached hydrogens (tertiary/aromatic N) is 2. The van der Waals surface area contributed by atoms with E-state index in [2.05, 4.69) is 44.7 Å². The number of likely N-dealkylation sites (tertiary alicyclic amines) is 1. The van der Waals surface area contributed by atoms with Gasteiger partial charge in [0.2, 0.25) is 0 Å². The second-order valence-electron chi connectivity index (χ2n) is 5.15. The van der Waals surface area contributed by atoms with Gasteiger partial charge in [0.25, 0.3) is 0 Å². The Morgan fingerprint density at radius 3 is 2.83 bits per heavy atom. The standard InChI is InChI=1S/C13H21N3S2/c1-2-11(13-3-4-14-15-13)8-16(5-1)12-9-17-6-7-18-10-12/h3-4,11-12H,1-2,5-10H2,(H,14,15)/t11-/m0/s1. The van der Waals surface area contributed by atoms with Gasteiger partial charge in [0, 0.05) is 53.4 Å². The Kier molecular flexibility index (Phi) is 4.54. The van der Waals surface area contributed by atoms with Gasteiger partial charge in [-0.3, -0.25) is 10.00 Å². The molecule has 2 aliphatic heterocycles. The molecule has 1 aromatic heterocycles. The Bertz CT molecular complexity index is 347. The predicted molar refractivity (Wildman–Crippen MR) is 80.6 cm³/mol. The summed E-state index contributed by atoms with van der Waals surface area (Å²) in [6.45, 7) is 2.50. The molecule has 0 saturated carbocycles. The van der Waals surface area contributed by atoms with E-state index in [-0.39, 0.29) is 0 Å². The summed E-state index contributed by atoms with van der Waals surface area (Å²) in [5, 5.41) is 7.25. The molecule has 0 bridgehead atoms. The highest BCUT2D eigenvalue weighted by molar-refractivity contribution is 8.03. The fourth-order valence-corrected chi connectivity index (χ4v) is 5.53. The molecule has 0 unspecified atom stereocenters. The Labute approximate surface area is 117 Å². The zero-order valence-electron chi connectivity index (χ0n) is 10.7. The number of aromatic nitrogens is 2. The SMILES string of the molecule is c1cc([C@H]2CCCN(C3CSCCSC3)C2)[nH]n1. The molecule has 2 saturated heterocycles. The first kappa shape index (κ1) is 12.9. The molecule has 0 spiro atoms. The summed E-state index contributed by atoms with van der Waals surface area (Å²) in [5.41, 5.74) is 1.33. The molecular weight excluding hydrogens is 262 g/mol. The fourth-order valence-electron chi connectivity index (χ4n) is 2.90. The first-order chi connectivity index (χ1) is 8.93. The predicted octanol–water partition coefficient (Wildman–Crippen LogP) is 2.44. The Balaban J connectivity index is 1.62. The third kappa shape index (κ3) is 3.06. The lowest BCUT2D eigenvalue weighted by atomic mass is 9.94.